The van der Waals surface area contributed by atoms with Crippen molar-refractivity contribution in [1.82, 2.24) is 49.7 Å². The first kappa shape index (κ1) is 28.6. The lowest BCUT2D eigenvalue weighted by molar-refractivity contribution is -0.132. The Labute approximate surface area is 269 Å². The summed E-state index contributed by atoms with van der Waals surface area (Å²) in [6, 6.07) is 7.71. The third-order valence-corrected chi connectivity index (χ3v) is 10.4. The lowest BCUT2D eigenvalue weighted by Gasteiger charge is -2.28. The minimum Gasteiger partial charge on any atom is -0.338 e. The van der Waals surface area contributed by atoms with E-state index in [1.807, 2.05) is 54.2 Å². The molecule has 2 amide bonds. The van der Waals surface area contributed by atoms with Crippen LogP contribution in [-0.2, 0) is 16.6 Å². The first-order chi connectivity index (χ1) is 22.3. The van der Waals surface area contributed by atoms with Gasteiger partial charge in [-0.05, 0) is 62.6 Å². The van der Waals surface area contributed by atoms with Gasteiger partial charge < -0.3 is 4.90 Å². The van der Waals surface area contributed by atoms with E-state index in [9.17, 15) is 9.59 Å². The highest BCUT2D eigenvalue weighted by Gasteiger charge is 2.51. The standard InChI is InChI=1S/C32H33N11O2S/c1-20-15-22(5-10-33-20)27-28-23(37-38-27)3-4-25(36-28)43-14-9-32(31(43)45)8-13-41(18-32)17-26(44)42-11-6-21(7-12-42)30-34-16-24(46-30)29-35-19-40(2)39-29/h3-6,10,15-16,19H,7-9,11-14,17-18H2,1-2H3,(H,37,38). The van der Waals surface area contributed by atoms with Crippen LogP contribution in [0.25, 0.3) is 38.6 Å². The second-order valence-electron chi connectivity index (χ2n) is 12.4. The van der Waals surface area contributed by atoms with Gasteiger partial charge in [-0.1, -0.05) is 6.08 Å². The van der Waals surface area contributed by atoms with Crippen LogP contribution in [0.15, 0.2) is 49.1 Å². The van der Waals surface area contributed by atoms with Crippen molar-refractivity contribution in [2.24, 2.45) is 12.5 Å². The number of likely N-dealkylation sites (tertiary alicyclic amines) is 1. The molecule has 234 valence electrons. The van der Waals surface area contributed by atoms with Gasteiger partial charge in [-0.25, -0.2) is 15.0 Å². The lowest BCUT2D eigenvalue weighted by atomic mass is 9.85. The van der Waals surface area contributed by atoms with Crippen molar-refractivity contribution in [3.05, 3.63) is 59.8 Å². The average molecular weight is 636 g/mol. The number of aryl methyl sites for hydroxylation is 2. The van der Waals surface area contributed by atoms with E-state index < -0.39 is 5.41 Å². The number of amides is 2. The quantitative estimate of drug-likeness (QED) is 0.297. The van der Waals surface area contributed by atoms with Crippen molar-refractivity contribution in [2.75, 3.05) is 44.2 Å². The first-order valence-electron chi connectivity index (χ1n) is 15.5. The number of aromatic amines is 1. The molecule has 1 atom stereocenters. The Bertz CT molecular complexity index is 2010. The van der Waals surface area contributed by atoms with Gasteiger partial charge >= 0.3 is 0 Å². The molecule has 5 aromatic heterocycles. The molecule has 3 aliphatic heterocycles. The zero-order valence-corrected chi connectivity index (χ0v) is 26.5. The van der Waals surface area contributed by atoms with Gasteiger partial charge in [-0.15, -0.1) is 11.3 Å². The zero-order valence-electron chi connectivity index (χ0n) is 25.7. The molecule has 0 bridgehead atoms. The Morgan fingerprint density at radius 2 is 2.00 bits per heavy atom. The highest BCUT2D eigenvalue weighted by atomic mass is 32.1. The molecule has 0 radical (unpaired) electrons. The summed E-state index contributed by atoms with van der Waals surface area (Å²) in [5, 5.41) is 12.9. The number of carbonyl (C=O) groups excluding carboxylic acids is 2. The van der Waals surface area contributed by atoms with Crippen LogP contribution in [0.4, 0.5) is 5.82 Å². The molecule has 0 aliphatic carbocycles. The lowest BCUT2D eigenvalue weighted by Crippen LogP contribution is -2.43. The van der Waals surface area contributed by atoms with E-state index >= 15 is 0 Å². The molecule has 14 heteroatoms. The number of fused-ring (bicyclic) bond motifs is 1. The van der Waals surface area contributed by atoms with Crippen molar-refractivity contribution in [1.29, 1.82) is 0 Å². The summed E-state index contributed by atoms with van der Waals surface area (Å²) in [5.74, 6) is 1.50. The third kappa shape index (κ3) is 5.07. The van der Waals surface area contributed by atoms with Crippen molar-refractivity contribution in [3.8, 4) is 22.0 Å². The predicted octanol–water partition coefficient (Wildman–Crippen LogP) is 3.33. The number of anilines is 1. The number of rotatable bonds is 6. The van der Waals surface area contributed by atoms with Gasteiger partial charge in [0.2, 0.25) is 11.8 Å². The molecule has 1 spiro atoms. The number of carbonyl (C=O) groups is 2. The number of thiazole rings is 1. The molecular weight excluding hydrogens is 602 g/mol. The SMILES string of the molecule is Cc1cc(-c2n[nH]c3ccc(N4CCC5(CCN(CC(=O)N6CC=C(c7ncc(-c8ncn(C)n8)s7)CC6)C5)C4=O)nc23)ccn1. The fourth-order valence-corrected chi connectivity index (χ4v) is 7.72. The van der Waals surface area contributed by atoms with Crippen LogP contribution in [-0.4, -0.2) is 101 Å². The maximum Gasteiger partial charge on any atom is 0.237 e. The molecule has 46 heavy (non-hydrogen) atoms. The minimum absolute atomic E-state index is 0.0911. The molecule has 2 saturated heterocycles. The van der Waals surface area contributed by atoms with Crippen molar-refractivity contribution in [3.63, 3.8) is 0 Å². The van der Waals surface area contributed by atoms with Gasteiger partial charge in [0.1, 0.15) is 28.4 Å². The van der Waals surface area contributed by atoms with Gasteiger partial charge in [0.25, 0.3) is 0 Å². The number of nitrogens with one attached hydrogen (secondary N) is 1. The summed E-state index contributed by atoms with van der Waals surface area (Å²) in [6.45, 7) is 5.38. The van der Waals surface area contributed by atoms with E-state index in [2.05, 4.69) is 41.2 Å². The van der Waals surface area contributed by atoms with E-state index in [0.717, 1.165) is 69.2 Å². The average Bonchev–Trinajstić information content (AvgIpc) is 3.90. The fourth-order valence-electron chi connectivity index (χ4n) is 6.80. The van der Waals surface area contributed by atoms with Crippen molar-refractivity contribution >= 4 is 45.6 Å². The molecule has 1 unspecified atom stereocenters. The Hall–Kier alpha value is -4.82. The predicted molar refractivity (Wildman–Crippen MR) is 174 cm³/mol. The molecule has 1 N–H and O–H groups in total. The largest absolute Gasteiger partial charge is 0.338 e. The molecular formula is C32H33N11O2S. The monoisotopic (exact) mass is 635 g/mol. The molecule has 13 nitrogen and oxygen atoms in total. The molecule has 2 fully saturated rings. The van der Waals surface area contributed by atoms with Crippen LogP contribution in [0.5, 0.6) is 0 Å². The van der Waals surface area contributed by atoms with Gasteiger partial charge in [-0.2, -0.15) is 10.2 Å². The highest BCUT2D eigenvalue weighted by Crippen LogP contribution is 2.42. The minimum atomic E-state index is -0.488. The number of hydrogen-bond acceptors (Lipinski definition) is 10. The summed E-state index contributed by atoms with van der Waals surface area (Å²) >= 11 is 1.58. The number of pyridine rings is 2. The zero-order chi connectivity index (χ0) is 31.4. The number of H-pyrrole nitrogens is 1. The summed E-state index contributed by atoms with van der Waals surface area (Å²) < 4.78 is 1.68. The molecule has 0 aromatic carbocycles. The Kier molecular flexibility index (Phi) is 6.98. The van der Waals surface area contributed by atoms with Gasteiger partial charge in [0.15, 0.2) is 5.82 Å². The Morgan fingerprint density at radius 1 is 1.11 bits per heavy atom. The summed E-state index contributed by atoms with van der Waals surface area (Å²) in [6.07, 6.45) is 9.60. The summed E-state index contributed by atoms with van der Waals surface area (Å²) in [4.78, 5) is 52.1. The van der Waals surface area contributed by atoms with E-state index in [-0.39, 0.29) is 11.8 Å². The van der Waals surface area contributed by atoms with Crippen LogP contribution >= 0.6 is 11.3 Å². The van der Waals surface area contributed by atoms with Crippen molar-refractivity contribution in [2.45, 2.75) is 26.2 Å². The number of nitrogens with zero attached hydrogens (tertiary/aromatic N) is 10. The van der Waals surface area contributed by atoms with Crippen LogP contribution in [0.2, 0.25) is 0 Å². The smallest absolute Gasteiger partial charge is 0.237 e. The Morgan fingerprint density at radius 3 is 2.80 bits per heavy atom. The molecule has 8 heterocycles. The molecule has 0 saturated carbocycles. The Balaban J connectivity index is 0.905. The van der Waals surface area contributed by atoms with E-state index in [4.69, 9.17) is 4.98 Å². The highest BCUT2D eigenvalue weighted by molar-refractivity contribution is 7.16. The third-order valence-electron chi connectivity index (χ3n) is 9.31. The fraction of sp³-hybridized carbons (Fsp3) is 0.375. The first-order valence-corrected chi connectivity index (χ1v) is 16.3. The maximum absolute atomic E-state index is 13.9. The maximum atomic E-state index is 13.9. The molecule has 8 rings (SSSR count). The van der Waals surface area contributed by atoms with Gasteiger partial charge in [0.05, 0.1) is 22.4 Å². The van der Waals surface area contributed by atoms with Crippen LogP contribution in [0, 0.1) is 12.3 Å². The summed E-state index contributed by atoms with van der Waals surface area (Å²) in [5.41, 5.74) is 4.78. The molecule has 5 aromatic rings. The second kappa shape index (κ2) is 11.2. The van der Waals surface area contributed by atoms with E-state index in [1.165, 1.54) is 0 Å². The van der Waals surface area contributed by atoms with E-state index in [0.29, 0.717) is 44.4 Å². The van der Waals surface area contributed by atoms with Crippen molar-refractivity contribution < 1.29 is 9.59 Å². The van der Waals surface area contributed by atoms with Gasteiger partial charge in [-0.3, -0.25) is 34.2 Å². The summed E-state index contributed by atoms with van der Waals surface area (Å²) in [7, 11) is 1.84. The number of aromatic nitrogens is 8. The van der Waals surface area contributed by atoms with Gasteiger partial charge in [0, 0.05) is 56.9 Å². The van der Waals surface area contributed by atoms with Crippen LogP contribution in [0.1, 0.15) is 30.0 Å². The van der Waals surface area contributed by atoms with Crippen LogP contribution < -0.4 is 4.90 Å². The topological polar surface area (TPSA) is 142 Å². The number of hydrogen-bond donors (Lipinski definition) is 1. The van der Waals surface area contributed by atoms with Crippen LogP contribution in [0.3, 0.4) is 0 Å². The second-order valence-corrected chi connectivity index (χ2v) is 13.4. The van der Waals surface area contributed by atoms with E-state index in [1.54, 1.807) is 28.5 Å². The normalized spacial score (nSPS) is 20.4. The molecule has 3 aliphatic rings.